The van der Waals surface area contributed by atoms with Crippen LogP contribution in [-0.4, -0.2) is 6.04 Å². The smallest absolute Gasteiger partial charge is 0.00700 e. The summed E-state index contributed by atoms with van der Waals surface area (Å²) in [6.45, 7) is 14.2. The number of nitrogens with two attached hydrogens (primary N) is 1. The molecule has 0 bridgehead atoms. The van der Waals surface area contributed by atoms with Gasteiger partial charge in [-0.3, -0.25) is 0 Å². The molecule has 3 atom stereocenters. The third-order valence-corrected chi connectivity index (χ3v) is 4.09. The number of hydrogen-bond donors (Lipinski definition) is 1. The fourth-order valence-electron chi connectivity index (χ4n) is 3.28. The molecule has 2 N–H and O–H groups in total. The summed E-state index contributed by atoms with van der Waals surface area (Å²) < 4.78 is 0. The lowest BCUT2D eigenvalue weighted by molar-refractivity contribution is 0.0968. The molecular formula is C15H31N. The largest absolute Gasteiger partial charge is 0.327 e. The Morgan fingerprint density at radius 1 is 1.06 bits per heavy atom. The Morgan fingerprint density at radius 3 is 1.94 bits per heavy atom. The molecule has 1 unspecified atom stereocenters. The SMILES string of the molecule is CC(C)(C)CC([C@@H]1CCC[C@H]1N)C(C)(C)C. The highest BCUT2D eigenvalue weighted by Crippen LogP contribution is 2.45. The monoisotopic (exact) mass is 225 g/mol. The van der Waals surface area contributed by atoms with E-state index in [1.54, 1.807) is 0 Å². The topological polar surface area (TPSA) is 26.0 Å². The molecule has 1 nitrogen and oxygen atoms in total. The van der Waals surface area contributed by atoms with Crippen molar-refractivity contribution in [2.24, 2.45) is 28.4 Å². The van der Waals surface area contributed by atoms with Gasteiger partial charge in [-0.1, -0.05) is 48.0 Å². The maximum atomic E-state index is 6.30. The number of rotatable bonds is 2. The molecule has 0 aromatic carbocycles. The molecule has 0 amide bonds. The lowest BCUT2D eigenvalue weighted by Crippen LogP contribution is -2.38. The van der Waals surface area contributed by atoms with Crippen molar-refractivity contribution in [3.8, 4) is 0 Å². The van der Waals surface area contributed by atoms with Gasteiger partial charge in [-0.2, -0.15) is 0 Å². The van der Waals surface area contributed by atoms with Crippen LogP contribution in [0.2, 0.25) is 0 Å². The molecule has 1 rings (SSSR count). The molecule has 1 fully saturated rings. The minimum atomic E-state index is 0.389. The van der Waals surface area contributed by atoms with E-state index in [-0.39, 0.29) is 0 Å². The summed E-state index contributed by atoms with van der Waals surface area (Å²) in [6, 6.07) is 0.451. The van der Waals surface area contributed by atoms with Crippen LogP contribution in [0.5, 0.6) is 0 Å². The molecule has 1 aliphatic carbocycles. The highest BCUT2D eigenvalue weighted by molar-refractivity contribution is 4.92. The molecule has 0 spiro atoms. The van der Waals surface area contributed by atoms with E-state index in [1.165, 1.54) is 25.7 Å². The van der Waals surface area contributed by atoms with Crippen molar-refractivity contribution in [2.45, 2.75) is 73.3 Å². The van der Waals surface area contributed by atoms with E-state index in [1.807, 2.05) is 0 Å². The van der Waals surface area contributed by atoms with Crippen LogP contribution in [0.4, 0.5) is 0 Å². The fraction of sp³-hybridized carbons (Fsp3) is 1.00. The van der Waals surface area contributed by atoms with Gasteiger partial charge in [-0.15, -0.1) is 0 Å². The van der Waals surface area contributed by atoms with Crippen molar-refractivity contribution in [3.63, 3.8) is 0 Å². The molecule has 0 aliphatic heterocycles. The van der Waals surface area contributed by atoms with Crippen molar-refractivity contribution in [2.75, 3.05) is 0 Å². The van der Waals surface area contributed by atoms with E-state index >= 15 is 0 Å². The van der Waals surface area contributed by atoms with E-state index in [4.69, 9.17) is 5.73 Å². The quantitative estimate of drug-likeness (QED) is 0.748. The first kappa shape index (κ1) is 14.0. The van der Waals surface area contributed by atoms with E-state index in [0.29, 0.717) is 16.9 Å². The summed E-state index contributed by atoms with van der Waals surface area (Å²) >= 11 is 0. The van der Waals surface area contributed by atoms with Crippen molar-refractivity contribution >= 4 is 0 Å². The summed E-state index contributed by atoms with van der Waals surface area (Å²) in [5.74, 6) is 1.52. The van der Waals surface area contributed by atoms with Crippen LogP contribution in [0.25, 0.3) is 0 Å². The maximum Gasteiger partial charge on any atom is 0.00700 e. The van der Waals surface area contributed by atoms with Crippen LogP contribution >= 0.6 is 0 Å². The van der Waals surface area contributed by atoms with E-state index in [2.05, 4.69) is 41.5 Å². The molecule has 0 aromatic heterocycles. The molecule has 1 aliphatic rings. The Labute approximate surface area is 102 Å². The minimum Gasteiger partial charge on any atom is -0.327 e. The van der Waals surface area contributed by atoms with Crippen LogP contribution in [-0.2, 0) is 0 Å². The molecule has 1 heteroatoms. The average molecular weight is 225 g/mol. The number of hydrogen-bond acceptors (Lipinski definition) is 1. The minimum absolute atomic E-state index is 0.389. The first-order valence-electron chi connectivity index (χ1n) is 6.87. The highest BCUT2D eigenvalue weighted by atomic mass is 14.7. The van der Waals surface area contributed by atoms with E-state index in [0.717, 1.165) is 11.8 Å². The first-order chi connectivity index (χ1) is 7.11. The molecular weight excluding hydrogens is 194 g/mol. The Morgan fingerprint density at radius 2 is 1.62 bits per heavy atom. The van der Waals surface area contributed by atoms with Gasteiger partial charge in [0, 0.05) is 6.04 Å². The Hall–Kier alpha value is -0.0400. The molecule has 0 heterocycles. The van der Waals surface area contributed by atoms with Gasteiger partial charge in [0.1, 0.15) is 0 Å². The predicted octanol–water partition coefficient (Wildman–Crippen LogP) is 4.21. The van der Waals surface area contributed by atoms with Crippen molar-refractivity contribution < 1.29 is 0 Å². The van der Waals surface area contributed by atoms with Gasteiger partial charge in [-0.05, 0) is 41.9 Å². The predicted molar refractivity (Wildman–Crippen MR) is 72.3 cm³/mol. The first-order valence-corrected chi connectivity index (χ1v) is 6.87. The maximum absolute atomic E-state index is 6.30. The third kappa shape index (κ3) is 3.76. The summed E-state index contributed by atoms with van der Waals surface area (Å²) in [7, 11) is 0. The van der Waals surface area contributed by atoms with Crippen LogP contribution in [0, 0.1) is 22.7 Å². The highest BCUT2D eigenvalue weighted by Gasteiger charge is 2.39. The van der Waals surface area contributed by atoms with Gasteiger partial charge in [-0.25, -0.2) is 0 Å². The summed E-state index contributed by atoms with van der Waals surface area (Å²) in [5.41, 5.74) is 7.10. The molecule has 1 saturated carbocycles. The van der Waals surface area contributed by atoms with Gasteiger partial charge in [0.15, 0.2) is 0 Å². The standard InChI is InChI=1S/C15H31N/c1-14(2,3)10-12(15(4,5)6)11-8-7-9-13(11)16/h11-13H,7-10,16H2,1-6H3/t11-,12?,13+/m0/s1. The lowest BCUT2D eigenvalue weighted by Gasteiger charge is -2.41. The van der Waals surface area contributed by atoms with Crippen molar-refractivity contribution in [1.29, 1.82) is 0 Å². The van der Waals surface area contributed by atoms with Gasteiger partial charge in [0.05, 0.1) is 0 Å². The summed E-state index contributed by atoms with van der Waals surface area (Å²) in [5, 5.41) is 0. The van der Waals surface area contributed by atoms with Crippen molar-refractivity contribution in [1.82, 2.24) is 0 Å². The van der Waals surface area contributed by atoms with Crippen LogP contribution in [0.1, 0.15) is 67.2 Å². The van der Waals surface area contributed by atoms with E-state index in [9.17, 15) is 0 Å². The summed E-state index contributed by atoms with van der Waals surface area (Å²) in [4.78, 5) is 0. The second-order valence-electron chi connectivity index (χ2n) is 8.00. The molecule has 16 heavy (non-hydrogen) atoms. The molecule has 0 aromatic rings. The molecule has 0 radical (unpaired) electrons. The fourth-order valence-corrected chi connectivity index (χ4v) is 3.28. The second kappa shape index (κ2) is 4.68. The van der Waals surface area contributed by atoms with Gasteiger partial charge in [0.25, 0.3) is 0 Å². The lowest BCUT2D eigenvalue weighted by atomic mass is 9.65. The Bertz CT molecular complexity index is 219. The summed E-state index contributed by atoms with van der Waals surface area (Å²) in [6.07, 6.45) is 5.22. The van der Waals surface area contributed by atoms with Gasteiger partial charge in [0.2, 0.25) is 0 Å². The van der Waals surface area contributed by atoms with Gasteiger partial charge >= 0.3 is 0 Å². The normalized spacial score (nSPS) is 29.4. The zero-order chi connectivity index (χ0) is 12.6. The van der Waals surface area contributed by atoms with E-state index < -0.39 is 0 Å². The van der Waals surface area contributed by atoms with Crippen LogP contribution < -0.4 is 5.73 Å². The molecule has 96 valence electrons. The Kier molecular flexibility index (Phi) is 4.10. The third-order valence-electron chi connectivity index (χ3n) is 4.09. The van der Waals surface area contributed by atoms with Gasteiger partial charge < -0.3 is 5.73 Å². The Balaban J connectivity index is 2.79. The molecule has 0 saturated heterocycles. The zero-order valence-electron chi connectivity index (χ0n) is 12.1. The van der Waals surface area contributed by atoms with Crippen LogP contribution in [0.15, 0.2) is 0 Å². The second-order valence-corrected chi connectivity index (χ2v) is 8.00. The average Bonchev–Trinajstić information content (AvgIpc) is 2.43. The van der Waals surface area contributed by atoms with Crippen LogP contribution in [0.3, 0.4) is 0 Å². The zero-order valence-corrected chi connectivity index (χ0v) is 12.1. The van der Waals surface area contributed by atoms with Crippen molar-refractivity contribution in [3.05, 3.63) is 0 Å².